The van der Waals surface area contributed by atoms with Gasteiger partial charge >= 0.3 is 17.9 Å². The van der Waals surface area contributed by atoms with Gasteiger partial charge in [-0.05, 0) is 51.4 Å². The van der Waals surface area contributed by atoms with Crippen LogP contribution in [0.4, 0.5) is 0 Å². The van der Waals surface area contributed by atoms with Gasteiger partial charge in [-0.3, -0.25) is 14.4 Å². The minimum atomic E-state index is -0.768. The van der Waals surface area contributed by atoms with Gasteiger partial charge in [0.05, 0.1) is 0 Å². The van der Waals surface area contributed by atoms with Gasteiger partial charge in [-0.25, -0.2) is 0 Å². The molecule has 0 bridgehead atoms. The van der Waals surface area contributed by atoms with Crippen LogP contribution >= 0.6 is 0 Å². The molecule has 0 spiro atoms. The van der Waals surface area contributed by atoms with Crippen LogP contribution in [0.3, 0.4) is 0 Å². The molecular weight excluding hydrogens is 925 g/mol. The Balaban J connectivity index is 3.93. The molecule has 0 aliphatic heterocycles. The summed E-state index contributed by atoms with van der Waals surface area (Å²) in [6, 6.07) is 0. The molecule has 0 saturated heterocycles. The molecule has 75 heavy (non-hydrogen) atoms. The normalized spacial score (nSPS) is 12.1. The Labute approximate surface area is 468 Å². The van der Waals surface area contributed by atoms with E-state index in [1.54, 1.807) is 0 Å². The molecule has 0 aromatic rings. The quantitative estimate of drug-likeness (QED) is 0.0261. The lowest BCUT2D eigenvalue weighted by atomic mass is 10.0. The molecule has 0 radical (unpaired) electrons. The highest BCUT2D eigenvalue weighted by atomic mass is 16.6. The molecule has 0 heterocycles. The molecule has 1 unspecified atom stereocenters. The summed E-state index contributed by atoms with van der Waals surface area (Å²) in [5.41, 5.74) is 0. The second-order valence-electron chi connectivity index (χ2n) is 23.1. The predicted octanol–water partition coefficient (Wildman–Crippen LogP) is 23.0. The van der Waals surface area contributed by atoms with Crippen LogP contribution < -0.4 is 0 Å². The van der Waals surface area contributed by atoms with Crippen LogP contribution in [-0.4, -0.2) is 37.2 Å². The third kappa shape index (κ3) is 62.6. The van der Waals surface area contributed by atoms with E-state index in [1.807, 2.05) is 0 Å². The third-order valence-electron chi connectivity index (χ3n) is 15.5. The summed E-state index contributed by atoms with van der Waals surface area (Å²) in [7, 11) is 0. The lowest BCUT2D eigenvalue weighted by Crippen LogP contribution is -2.30. The van der Waals surface area contributed by atoms with Crippen molar-refractivity contribution in [3.63, 3.8) is 0 Å². The Morgan fingerprint density at radius 1 is 0.267 bits per heavy atom. The number of rotatable bonds is 63. The van der Waals surface area contributed by atoms with Crippen molar-refractivity contribution in [2.24, 2.45) is 0 Å². The molecule has 0 aromatic carbocycles. The van der Waals surface area contributed by atoms with Gasteiger partial charge in [0.2, 0.25) is 0 Å². The SMILES string of the molecule is CCCCC/C=C\C/C=C\CCCCCCCCCCCC(=O)OC(COC(=O)CCCCCCCC)COC(=O)CCCCCCCCCCCCCCCCCCCCCCCCCCCCCCCCCC. The minimum Gasteiger partial charge on any atom is -0.462 e. The first-order chi connectivity index (χ1) is 37.0. The maximum absolute atomic E-state index is 12.8. The van der Waals surface area contributed by atoms with Crippen molar-refractivity contribution in [1.82, 2.24) is 0 Å². The van der Waals surface area contributed by atoms with Crippen LogP contribution in [0, 0.1) is 0 Å². The minimum absolute atomic E-state index is 0.0681. The summed E-state index contributed by atoms with van der Waals surface area (Å²) in [6.45, 7) is 6.62. The van der Waals surface area contributed by atoms with E-state index < -0.39 is 6.10 Å². The Bertz CT molecular complexity index is 1210. The van der Waals surface area contributed by atoms with Gasteiger partial charge in [-0.2, -0.15) is 0 Å². The van der Waals surface area contributed by atoms with Crippen molar-refractivity contribution in [2.75, 3.05) is 13.2 Å². The molecule has 0 rings (SSSR count). The van der Waals surface area contributed by atoms with E-state index in [9.17, 15) is 14.4 Å². The maximum Gasteiger partial charge on any atom is 0.306 e. The second kappa shape index (κ2) is 64.4. The van der Waals surface area contributed by atoms with E-state index in [0.717, 1.165) is 64.2 Å². The molecule has 0 saturated carbocycles. The average molecular weight is 1060 g/mol. The number of carbonyl (C=O) groups is 3. The lowest BCUT2D eigenvalue weighted by molar-refractivity contribution is -0.167. The van der Waals surface area contributed by atoms with Crippen molar-refractivity contribution in [3.05, 3.63) is 24.3 Å². The monoisotopic (exact) mass is 1050 g/mol. The van der Waals surface area contributed by atoms with Gasteiger partial charge in [-0.1, -0.05) is 334 Å². The van der Waals surface area contributed by atoms with Crippen LogP contribution in [0.1, 0.15) is 380 Å². The zero-order chi connectivity index (χ0) is 54.3. The number of carbonyl (C=O) groups excluding carboxylic acids is 3. The predicted molar refractivity (Wildman–Crippen MR) is 326 cm³/mol. The van der Waals surface area contributed by atoms with E-state index >= 15 is 0 Å². The zero-order valence-corrected chi connectivity index (χ0v) is 50.8. The van der Waals surface area contributed by atoms with Crippen molar-refractivity contribution in [1.29, 1.82) is 0 Å². The largest absolute Gasteiger partial charge is 0.462 e. The van der Waals surface area contributed by atoms with Crippen molar-refractivity contribution in [2.45, 2.75) is 386 Å². The van der Waals surface area contributed by atoms with E-state index in [2.05, 4.69) is 45.1 Å². The summed E-state index contributed by atoms with van der Waals surface area (Å²) < 4.78 is 16.8. The first kappa shape index (κ1) is 72.9. The van der Waals surface area contributed by atoms with Crippen molar-refractivity contribution < 1.29 is 28.6 Å². The Hall–Kier alpha value is -2.11. The third-order valence-corrected chi connectivity index (χ3v) is 15.5. The Kier molecular flexibility index (Phi) is 62.6. The van der Waals surface area contributed by atoms with Crippen LogP contribution in [0.5, 0.6) is 0 Å². The highest BCUT2D eigenvalue weighted by Crippen LogP contribution is 2.19. The van der Waals surface area contributed by atoms with Gasteiger partial charge in [-0.15, -0.1) is 0 Å². The van der Waals surface area contributed by atoms with E-state index in [1.165, 1.54) is 276 Å². The summed E-state index contributed by atoms with van der Waals surface area (Å²) in [6.07, 6.45) is 78.2. The van der Waals surface area contributed by atoms with Gasteiger partial charge in [0.1, 0.15) is 13.2 Å². The second-order valence-corrected chi connectivity index (χ2v) is 23.1. The average Bonchev–Trinajstić information content (AvgIpc) is 3.41. The molecule has 442 valence electrons. The molecule has 0 aliphatic rings. The van der Waals surface area contributed by atoms with E-state index in [4.69, 9.17) is 14.2 Å². The van der Waals surface area contributed by atoms with Crippen molar-refractivity contribution in [3.8, 4) is 0 Å². The number of esters is 3. The maximum atomic E-state index is 12.8. The fourth-order valence-electron chi connectivity index (χ4n) is 10.4. The van der Waals surface area contributed by atoms with Crippen LogP contribution in [0.25, 0.3) is 0 Å². The van der Waals surface area contributed by atoms with Crippen LogP contribution in [0.2, 0.25) is 0 Å². The van der Waals surface area contributed by atoms with Gasteiger partial charge in [0.25, 0.3) is 0 Å². The number of hydrogen-bond donors (Lipinski definition) is 0. The molecule has 6 heteroatoms. The number of ether oxygens (including phenoxy) is 3. The summed E-state index contributed by atoms with van der Waals surface area (Å²) in [4.78, 5) is 38.0. The molecule has 0 N–H and O–H groups in total. The summed E-state index contributed by atoms with van der Waals surface area (Å²) in [5.74, 6) is -0.859. The Morgan fingerprint density at radius 2 is 0.480 bits per heavy atom. The highest BCUT2D eigenvalue weighted by molar-refractivity contribution is 5.71. The first-order valence-corrected chi connectivity index (χ1v) is 33.8. The Morgan fingerprint density at radius 3 is 0.760 bits per heavy atom. The van der Waals surface area contributed by atoms with Crippen LogP contribution in [-0.2, 0) is 28.6 Å². The number of allylic oxidation sites excluding steroid dienone is 4. The smallest absolute Gasteiger partial charge is 0.306 e. The van der Waals surface area contributed by atoms with E-state index in [-0.39, 0.29) is 31.1 Å². The highest BCUT2D eigenvalue weighted by Gasteiger charge is 2.19. The van der Waals surface area contributed by atoms with E-state index in [0.29, 0.717) is 19.3 Å². The molecule has 0 fully saturated rings. The molecule has 0 amide bonds. The standard InChI is InChI=1S/C69H130O6/c1-4-7-10-13-16-18-20-22-24-26-28-29-30-31-32-33-34-35-36-37-38-39-40-42-43-45-47-49-51-53-56-59-62-68(71)74-65-66(64-73-67(70)61-58-55-15-12-9-6-3)75-69(72)63-60-57-54-52-50-48-46-44-41-27-25-23-21-19-17-14-11-8-5-2/h17,19,23,25,66H,4-16,18,20-22,24,26-65H2,1-3H3/b19-17-,25-23-. The fourth-order valence-corrected chi connectivity index (χ4v) is 10.4. The molecule has 6 nitrogen and oxygen atoms in total. The van der Waals surface area contributed by atoms with Gasteiger partial charge in [0.15, 0.2) is 6.10 Å². The zero-order valence-electron chi connectivity index (χ0n) is 50.8. The van der Waals surface area contributed by atoms with Gasteiger partial charge in [0, 0.05) is 19.3 Å². The number of hydrogen-bond acceptors (Lipinski definition) is 6. The molecule has 0 aromatic heterocycles. The van der Waals surface area contributed by atoms with Gasteiger partial charge < -0.3 is 14.2 Å². The van der Waals surface area contributed by atoms with Crippen LogP contribution in [0.15, 0.2) is 24.3 Å². The number of unbranched alkanes of at least 4 members (excludes halogenated alkanes) is 48. The first-order valence-electron chi connectivity index (χ1n) is 33.8. The van der Waals surface area contributed by atoms with Crippen molar-refractivity contribution >= 4 is 17.9 Å². The fraction of sp³-hybridized carbons (Fsp3) is 0.899. The molecular formula is C69H130O6. The molecule has 0 aliphatic carbocycles. The lowest BCUT2D eigenvalue weighted by Gasteiger charge is -2.18. The summed E-state index contributed by atoms with van der Waals surface area (Å²) in [5, 5.41) is 0. The molecule has 1 atom stereocenters. The topological polar surface area (TPSA) is 78.9 Å². The summed E-state index contributed by atoms with van der Waals surface area (Å²) >= 11 is 0.